The highest BCUT2D eigenvalue weighted by Gasteiger charge is 2.29. The summed E-state index contributed by atoms with van der Waals surface area (Å²) in [5.41, 5.74) is -0.0783. The lowest BCUT2D eigenvalue weighted by Gasteiger charge is -2.21. The van der Waals surface area contributed by atoms with Gasteiger partial charge in [0, 0.05) is 18.6 Å². The van der Waals surface area contributed by atoms with Crippen molar-refractivity contribution in [3.63, 3.8) is 0 Å². The summed E-state index contributed by atoms with van der Waals surface area (Å²) in [5, 5.41) is 10.0. The standard InChI is InChI=1S/C14H16O8/c1-8(15)22-11-7-21-6-9(13(11)14(18)20-3)10(16)4-5-12(17)19-2/h4-5,16H,6-7H2,1-3H3/b5-4+,10-9-. The first-order valence-electron chi connectivity index (χ1n) is 6.16. The van der Waals surface area contributed by atoms with E-state index in [1.807, 2.05) is 0 Å². The minimum atomic E-state index is -0.799. The van der Waals surface area contributed by atoms with Gasteiger partial charge < -0.3 is 24.1 Å². The van der Waals surface area contributed by atoms with E-state index in [0.717, 1.165) is 26.2 Å². The van der Waals surface area contributed by atoms with Crippen molar-refractivity contribution in [3.05, 3.63) is 34.8 Å². The lowest BCUT2D eigenvalue weighted by Crippen LogP contribution is -2.24. The molecule has 0 aromatic carbocycles. The highest BCUT2D eigenvalue weighted by Crippen LogP contribution is 2.26. The Balaban J connectivity index is 3.30. The zero-order chi connectivity index (χ0) is 16.7. The molecule has 0 saturated carbocycles. The fraction of sp³-hybridized carbons (Fsp3) is 0.357. The Kier molecular flexibility index (Phi) is 6.33. The van der Waals surface area contributed by atoms with Crippen LogP contribution in [0.2, 0.25) is 0 Å². The number of methoxy groups -OCH3 is 2. The summed E-state index contributed by atoms with van der Waals surface area (Å²) in [7, 11) is 2.33. The van der Waals surface area contributed by atoms with Gasteiger partial charge in [-0.05, 0) is 6.08 Å². The highest BCUT2D eigenvalue weighted by molar-refractivity contribution is 5.95. The molecule has 22 heavy (non-hydrogen) atoms. The van der Waals surface area contributed by atoms with Gasteiger partial charge in [0.15, 0.2) is 0 Å². The molecule has 0 spiro atoms. The third-order valence-corrected chi connectivity index (χ3v) is 2.60. The number of aliphatic hydroxyl groups excluding tert-OH is 1. The van der Waals surface area contributed by atoms with Gasteiger partial charge in [0.1, 0.15) is 23.7 Å². The maximum absolute atomic E-state index is 11.9. The van der Waals surface area contributed by atoms with Gasteiger partial charge in [-0.25, -0.2) is 9.59 Å². The Morgan fingerprint density at radius 1 is 1.14 bits per heavy atom. The molecule has 120 valence electrons. The van der Waals surface area contributed by atoms with Gasteiger partial charge in [-0.1, -0.05) is 0 Å². The zero-order valence-electron chi connectivity index (χ0n) is 12.4. The second-order valence-corrected chi connectivity index (χ2v) is 4.10. The number of carbonyl (C=O) groups excluding carboxylic acids is 3. The maximum Gasteiger partial charge on any atom is 0.341 e. The third-order valence-electron chi connectivity index (χ3n) is 2.60. The summed E-state index contributed by atoms with van der Waals surface area (Å²) < 4.78 is 19.1. The van der Waals surface area contributed by atoms with Crippen molar-refractivity contribution in [2.45, 2.75) is 6.92 Å². The maximum atomic E-state index is 11.9. The Hall–Kier alpha value is -2.61. The highest BCUT2D eigenvalue weighted by atomic mass is 16.6. The van der Waals surface area contributed by atoms with Crippen molar-refractivity contribution < 1.29 is 38.4 Å². The molecular weight excluding hydrogens is 296 g/mol. The normalized spacial score (nSPS) is 17.2. The largest absolute Gasteiger partial charge is 0.508 e. The van der Waals surface area contributed by atoms with E-state index < -0.39 is 23.7 Å². The Labute approximate surface area is 126 Å². The molecule has 0 aliphatic carbocycles. The summed E-state index contributed by atoms with van der Waals surface area (Å²) in [6, 6.07) is 0. The molecule has 8 heteroatoms. The number of allylic oxidation sites excluding steroid dienone is 1. The van der Waals surface area contributed by atoms with Crippen molar-refractivity contribution >= 4 is 17.9 Å². The van der Waals surface area contributed by atoms with Crippen molar-refractivity contribution in [3.8, 4) is 0 Å². The SMILES string of the molecule is COC(=O)/C=C/C(O)=C1\COCC(OC(C)=O)=C1C(=O)OC. The summed E-state index contributed by atoms with van der Waals surface area (Å²) >= 11 is 0. The fourth-order valence-electron chi connectivity index (χ4n) is 1.67. The van der Waals surface area contributed by atoms with Crippen LogP contribution < -0.4 is 0 Å². The van der Waals surface area contributed by atoms with Crippen LogP contribution in [0, 0.1) is 0 Å². The van der Waals surface area contributed by atoms with E-state index in [9.17, 15) is 19.5 Å². The van der Waals surface area contributed by atoms with Gasteiger partial charge in [0.2, 0.25) is 0 Å². The van der Waals surface area contributed by atoms with Crippen molar-refractivity contribution in [2.75, 3.05) is 27.4 Å². The van der Waals surface area contributed by atoms with Gasteiger partial charge in [-0.15, -0.1) is 0 Å². The van der Waals surface area contributed by atoms with Gasteiger partial charge in [-0.2, -0.15) is 0 Å². The van der Waals surface area contributed by atoms with Crippen LogP contribution in [0.25, 0.3) is 0 Å². The Morgan fingerprint density at radius 2 is 1.82 bits per heavy atom. The summed E-state index contributed by atoms with van der Waals surface area (Å²) in [4.78, 5) is 34.0. The first-order valence-corrected chi connectivity index (χ1v) is 6.16. The van der Waals surface area contributed by atoms with Crippen LogP contribution in [0.4, 0.5) is 0 Å². The summed E-state index contributed by atoms with van der Waals surface area (Å²) in [5.74, 6) is -2.61. The number of esters is 3. The number of ether oxygens (including phenoxy) is 4. The van der Waals surface area contributed by atoms with E-state index in [2.05, 4.69) is 9.47 Å². The molecule has 0 radical (unpaired) electrons. The van der Waals surface area contributed by atoms with Crippen LogP contribution in [-0.2, 0) is 33.3 Å². The predicted octanol–water partition coefficient (Wildman–Crippen LogP) is 0.548. The molecule has 1 N–H and O–H groups in total. The molecule has 1 aliphatic rings. The molecule has 8 nitrogen and oxygen atoms in total. The number of aliphatic hydroxyl groups is 1. The third kappa shape index (κ3) is 4.45. The number of rotatable bonds is 4. The van der Waals surface area contributed by atoms with Crippen molar-refractivity contribution in [2.24, 2.45) is 0 Å². The zero-order valence-corrected chi connectivity index (χ0v) is 12.4. The van der Waals surface area contributed by atoms with Gasteiger partial charge in [-0.3, -0.25) is 4.79 Å². The molecule has 0 unspecified atom stereocenters. The van der Waals surface area contributed by atoms with Gasteiger partial charge in [0.25, 0.3) is 0 Å². The second kappa shape index (κ2) is 7.99. The van der Waals surface area contributed by atoms with Gasteiger partial charge in [0.05, 0.1) is 20.8 Å². The number of carbonyl (C=O) groups is 3. The van der Waals surface area contributed by atoms with Crippen molar-refractivity contribution in [1.29, 1.82) is 0 Å². The molecule has 0 fully saturated rings. The van der Waals surface area contributed by atoms with Gasteiger partial charge >= 0.3 is 17.9 Å². The molecule has 0 amide bonds. The second-order valence-electron chi connectivity index (χ2n) is 4.10. The monoisotopic (exact) mass is 312 g/mol. The number of hydrogen-bond acceptors (Lipinski definition) is 8. The van der Waals surface area contributed by atoms with Crippen LogP contribution in [-0.4, -0.2) is 50.4 Å². The molecule has 1 aliphatic heterocycles. The number of hydrogen-bond donors (Lipinski definition) is 1. The lowest BCUT2D eigenvalue weighted by atomic mass is 10.0. The summed E-state index contributed by atoms with van der Waals surface area (Å²) in [6.07, 6.45) is 2.02. The smallest absolute Gasteiger partial charge is 0.341 e. The quantitative estimate of drug-likeness (QED) is 0.347. The Morgan fingerprint density at radius 3 is 2.36 bits per heavy atom. The van der Waals surface area contributed by atoms with E-state index in [0.29, 0.717) is 0 Å². The average Bonchev–Trinajstić information content (AvgIpc) is 2.50. The van der Waals surface area contributed by atoms with Crippen molar-refractivity contribution in [1.82, 2.24) is 0 Å². The molecule has 0 aromatic heterocycles. The molecule has 0 atom stereocenters. The minimum Gasteiger partial charge on any atom is -0.508 e. The van der Waals surface area contributed by atoms with Crippen LogP contribution in [0.5, 0.6) is 0 Å². The van der Waals surface area contributed by atoms with E-state index in [1.54, 1.807) is 0 Å². The fourth-order valence-corrected chi connectivity index (χ4v) is 1.67. The van der Waals surface area contributed by atoms with Crippen LogP contribution >= 0.6 is 0 Å². The molecule has 0 saturated heterocycles. The van der Waals surface area contributed by atoms with E-state index in [4.69, 9.17) is 9.47 Å². The topological polar surface area (TPSA) is 108 Å². The molecule has 0 bridgehead atoms. The molecule has 0 aromatic rings. The Bertz CT molecular complexity index is 567. The van der Waals surface area contributed by atoms with Crippen LogP contribution in [0.1, 0.15) is 6.92 Å². The molecule has 1 rings (SSSR count). The molecule has 1 heterocycles. The lowest BCUT2D eigenvalue weighted by molar-refractivity contribution is -0.139. The van der Waals surface area contributed by atoms with Crippen LogP contribution in [0.15, 0.2) is 34.8 Å². The minimum absolute atomic E-state index is 0.0366. The molecular formula is C14H16O8. The average molecular weight is 312 g/mol. The van der Waals surface area contributed by atoms with E-state index >= 15 is 0 Å². The van der Waals surface area contributed by atoms with E-state index in [1.165, 1.54) is 7.11 Å². The first kappa shape index (κ1) is 17.4. The first-order chi connectivity index (χ1) is 10.4. The van der Waals surface area contributed by atoms with Crippen LogP contribution in [0.3, 0.4) is 0 Å². The van der Waals surface area contributed by atoms with E-state index in [-0.39, 0.29) is 30.1 Å². The summed E-state index contributed by atoms with van der Waals surface area (Å²) in [6.45, 7) is 0.922. The predicted molar refractivity (Wildman–Crippen MR) is 72.4 cm³/mol.